The second-order valence-electron chi connectivity index (χ2n) is 6.82. The van der Waals surface area contributed by atoms with Crippen molar-refractivity contribution >= 4 is 6.09 Å². The molecule has 0 unspecified atom stereocenters. The molecular formula is C17H25NO4. The summed E-state index contributed by atoms with van der Waals surface area (Å²) in [4.78, 5) is 13.0. The van der Waals surface area contributed by atoms with Crippen molar-refractivity contribution in [1.29, 1.82) is 0 Å². The maximum absolute atomic E-state index is 11.4. The van der Waals surface area contributed by atoms with Gasteiger partial charge in [-0.25, -0.2) is 4.79 Å². The molecule has 1 fully saturated rings. The zero-order chi connectivity index (χ0) is 16.5. The van der Waals surface area contributed by atoms with Crippen LogP contribution in [-0.2, 0) is 0 Å². The van der Waals surface area contributed by atoms with Crippen molar-refractivity contribution in [3.63, 3.8) is 0 Å². The quantitative estimate of drug-likeness (QED) is 0.921. The Morgan fingerprint density at radius 1 is 1.32 bits per heavy atom. The van der Waals surface area contributed by atoms with E-state index in [0.29, 0.717) is 0 Å². The number of rotatable bonds is 4. The third kappa shape index (κ3) is 3.46. The summed E-state index contributed by atoms with van der Waals surface area (Å²) in [5, 5.41) is 9.39. The Bertz CT molecular complexity index is 544. The molecule has 2 rings (SSSR count). The van der Waals surface area contributed by atoms with Gasteiger partial charge in [-0.3, -0.25) is 0 Å². The number of hydrogen-bond donors (Lipinski definition) is 1. The van der Waals surface area contributed by atoms with Gasteiger partial charge >= 0.3 is 6.09 Å². The van der Waals surface area contributed by atoms with E-state index in [2.05, 4.69) is 0 Å². The molecule has 0 atom stereocenters. The SMILES string of the molecule is COc1cc(OC2CC(N(C(=O)O)C(C)(C)C)C2)ccc1C. The van der Waals surface area contributed by atoms with Crippen LogP contribution in [0.3, 0.4) is 0 Å². The van der Waals surface area contributed by atoms with Crippen LogP contribution in [0.4, 0.5) is 4.79 Å². The Morgan fingerprint density at radius 3 is 2.45 bits per heavy atom. The molecule has 1 aliphatic rings. The normalized spacial score (nSPS) is 21.0. The van der Waals surface area contributed by atoms with Crippen molar-refractivity contribution in [2.75, 3.05) is 7.11 Å². The first kappa shape index (κ1) is 16.5. The highest BCUT2D eigenvalue weighted by molar-refractivity contribution is 5.66. The van der Waals surface area contributed by atoms with Crippen molar-refractivity contribution in [1.82, 2.24) is 4.90 Å². The molecule has 1 aromatic rings. The Morgan fingerprint density at radius 2 is 1.95 bits per heavy atom. The summed E-state index contributed by atoms with van der Waals surface area (Å²) in [6.45, 7) is 7.73. The molecule has 0 aliphatic heterocycles. The maximum Gasteiger partial charge on any atom is 0.407 e. The highest BCUT2D eigenvalue weighted by Crippen LogP contribution is 2.34. The number of carbonyl (C=O) groups is 1. The van der Waals surface area contributed by atoms with Gasteiger partial charge in [-0.1, -0.05) is 6.07 Å². The van der Waals surface area contributed by atoms with Crippen LogP contribution < -0.4 is 9.47 Å². The number of amides is 1. The third-order valence-electron chi connectivity index (χ3n) is 4.05. The molecule has 0 bridgehead atoms. The minimum atomic E-state index is -0.868. The fourth-order valence-corrected chi connectivity index (χ4v) is 2.90. The van der Waals surface area contributed by atoms with Gasteiger partial charge in [0.1, 0.15) is 17.6 Å². The zero-order valence-electron chi connectivity index (χ0n) is 13.9. The van der Waals surface area contributed by atoms with Crippen LogP contribution >= 0.6 is 0 Å². The van der Waals surface area contributed by atoms with Crippen LogP contribution in [0, 0.1) is 6.92 Å². The van der Waals surface area contributed by atoms with Crippen molar-refractivity contribution in [2.45, 2.75) is 58.2 Å². The lowest BCUT2D eigenvalue weighted by atomic mass is 9.85. The third-order valence-corrected chi connectivity index (χ3v) is 4.05. The molecule has 5 heteroatoms. The van der Waals surface area contributed by atoms with E-state index in [0.717, 1.165) is 29.9 Å². The molecular weight excluding hydrogens is 282 g/mol. The van der Waals surface area contributed by atoms with Crippen molar-refractivity contribution in [2.24, 2.45) is 0 Å². The Balaban J connectivity index is 1.96. The van der Waals surface area contributed by atoms with Gasteiger partial charge in [0.2, 0.25) is 0 Å². The van der Waals surface area contributed by atoms with E-state index < -0.39 is 11.6 Å². The molecule has 1 saturated carbocycles. The summed E-state index contributed by atoms with van der Waals surface area (Å²) >= 11 is 0. The summed E-state index contributed by atoms with van der Waals surface area (Å²) in [7, 11) is 1.64. The first-order chi connectivity index (χ1) is 10.2. The average molecular weight is 307 g/mol. The van der Waals surface area contributed by atoms with Crippen LogP contribution in [0.25, 0.3) is 0 Å². The average Bonchev–Trinajstić information content (AvgIpc) is 2.36. The summed E-state index contributed by atoms with van der Waals surface area (Å²) in [5.74, 6) is 1.57. The molecule has 1 amide bonds. The van der Waals surface area contributed by atoms with Gasteiger partial charge in [-0.05, 0) is 39.3 Å². The molecule has 0 aromatic heterocycles. The predicted molar refractivity (Wildman–Crippen MR) is 84.8 cm³/mol. The van der Waals surface area contributed by atoms with Gasteiger partial charge < -0.3 is 19.5 Å². The molecule has 0 heterocycles. The monoisotopic (exact) mass is 307 g/mol. The van der Waals surface area contributed by atoms with E-state index in [9.17, 15) is 9.90 Å². The Labute approximate surface area is 131 Å². The second kappa shape index (κ2) is 6.07. The second-order valence-corrected chi connectivity index (χ2v) is 6.82. The number of aryl methyl sites for hydroxylation is 1. The first-order valence-electron chi connectivity index (χ1n) is 7.56. The number of methoxy groups -OCH3 is 1. The first-order valence-corrected chi connectivity index (χ1v) is 7.56. The molecule has 1 aromatic carbocycles. The molecule has 1 aliphatic carbocycles. The minimum Gasteiger partial charge on any atom is -0.496 e. The van der Waals surface area contributed by atoms with Gasteiger partial charge in [0.15, 0.2) is 0 Å². The molecule has 5 nitrogen and oxygen atoms in total. The van der Waals surface area contributed by atoms with Crippen LogP contribution in [0.2, 0.25) is 0 Å². The van der Waals surface area contributed by atoms with E-state index in [1.807, 2.05) is 45.9 Å². The van der Waals surface area contributed by atoms with Crippen LogP contribution in [0.15, 0.2) is 18.2 Å². The van der Waals surface area contributed by atoms with Gasteiger partial charge in [0.05, 0.1) is 7.11 Å². The number of carboxylic acid groups (broad SMARTS) is 1. The molecule has 22 heavy (non-hydrogen) atoms. The summed E-state index contributed by atoms with van der Waals surface area (Å²) in [6, 6.07) is 5.78. The van der Waals surface area contributed by atoms with E-state index in [4.69, 9.17) is 9.47 Å². The number of nitrogens with zero attached hydrogens (tertiary/aromatic N) is 1. The van der Waals surface area contributed by atoms with E-state index in [1.54, 1.807) is 7.11 Å². The number of ether oxygens (including phenoxy) is 2. The highest BCUT2D eigenvalue weighted by Gasteiger charge is 2.42. The lowest BCUT2D eigenvalue weighted by molar-refractivity contribution is -0.0134. The van der Waals surface area contributed by atoms with Gasteiger partial charge in [0.25, 0.3) is 0 Å². The lowest BCUT2D eigenvalue weighted by Crippen LogP contribution is -2.58. The highest BCUT2D eigenvalue weighted by atomic mass is 16.5. The predicted octanol–water partition coefficient (Wildman–Crippen LogP) is 3.69. The standard InChI is InChI=1S/C17H25NO4/c1-11-6-7-13(10-15(11)21-5)22-14-8-12(9-14)18(16(19)20)17(2,3)4/h6-7,10,12,14H,8-9H2,1-5H3,(H,19,20). The fraction of sp³-hybridized carbons (Fsp3) is 0.588. The summed E-state index contributed by atoms with van der Waals surface area (Å²) < 4.78 is 11.2. The van der Waals surface area contributed by atoms with Crippen molar-refractivity contribution in [3.05, 3.63) is 23.8 Å². The number of benzene rings is 1. The molecule has 0 radical (unpaired) electrons. The van der Waals surface area contributed by atoms with Crippen LogP contribution in [0.5, 0.6) is 11.5 Å². The van der Waals surface area contributed by atoms with Crippen molar-refractivity contribution < 1.29 is 19.4 Å². The fourth-order valence-electron chi connectivity index (χ4n) is 2.90. The molecule has 122 valence electrons. The molecule has 0 spiro atoms. The zero-order valence-corrected chi connectivity index (χ0v) is 13.9. The molecule has 0 saturated heterocycles. The van der Waals surface area contributed by atoms with Gasteiger partial charge in [-0.15, -0.1) is 0 Å². The molecule has 1 N–H and O–H groups in total. The summed E-state index contributed by atoms with van der Waals surface area (Å²) in [6.07, 6.45) is 0.633. The van der Waals surface area contributed by atoms with Crippen LogP contribution in [0.1, 0.15) is 39.2 Å². The summed E-state index contributed by atoms with van der Waals surface area (Å²) in [5.41, 5.74) is 0.667. The smallest absolute Gasteiger partial charge is 0.407 e. The largest absolute Gasteiger partial charge is 0.496 e. The van der Waals surface area contributed by atoms with Gasteiger partial charge in [0, 0.05) is 30.5 Å². The van der Waals surface area contributed by atoms with Gasteiger partial charge in [-0.2, -0.15) is 0 Å². The van der Waals surface area contributed by atoms with E-state index >= 15 is 0 Å². The number of hydrogen-bond acceptors (Lipinski definition) is 3. The maximum atomic E-state index is 11.4. The minimum absolute atomic E-state index is 0.0230. The lowest BCUT2D eigenvalue weighted by Gasteiger charge is -2.47. The van der Waals surface area contributed by atoms with E-state index in [1.165, 1.54) is 4.90 Å². The topological polar surface area (TPSA) is 59.0 Å². The Kier molecular flexibility index (Phi) is 4.54. The Hall–Kier alpha value is -1.91. The van der Waals surface area contributed by atoms with E-state index in [-0.39, 0.29) is 12.1 Å². The van der Waals surface area contributed by atoms with Crippen LogP contribution in [-0.4, -0.2) is 40.9 Å². The van der Waals surface area contributed by atoms with Crippen molar-refractivity contribution in [3.8, 4) is 11.5 Å².